The lowest BCUT2D eigenvalue weighted by Crippen LogP contribution is -2.29. The van der Waals surface area contributed by atoms with E-state index in [1.165, 1.54) is 24.5 Å². The number of methoxy groups -OCH3 is 1. The van der Waals surface area contributed by atoms with Gasteiger partial charge in [0.2, 0.25) is 0 Å². The van der Waals surface area contributed by atoms with Crippen molar-refractivity contribution in [2.45, 2.75) is 18.2 Å². The molecule has 0 N–H and O–H groups in total. The van der Waals surface area contributed by atoms with Crippen LogP contribution in [-0.4, -0.2) is 55.1 Å². The zero-order chi connectivity index (χ0) is 10.8. The van der Waals surface area contributed by atoms with E-state index in [-0.39, 0.29) is 0 Å². The van der Waals surface area contributed by atoms with Gasteiger partial charge in [0.1, 0.15) is 0 Å². The SMILES string of the molecule is CCSCCCN(C)CC(Br)COC. The van der Waals surface area contributed by atoms with E-state index < -0.39 is 0 Å². The largest absolute Gasteiger partial charge is 0.383 e. The van der Waals surface area contributed by atoms with Crippen molar-refractivity contribution < 1.29 is 4.74 Å². The van der Waals surface area contributed by atoms with E-state index in [4.69, 9.17) is 4.74 Å². The highest BCUT2D eigenvalue weighted by Gasteiger charge is 2.06. The van der Waals surface area contributed by atoms with Crippen LogP contribution in [0.15, 0.2) is 0 Å². The molecule has 1 unspecified atom stereocenters. The molecule has 0 radical (unpaired) electrons. The Labute approximate surface area is 101 Å². The number of alkyl halides is 1. The Morgan fingerprint density at radius 3 is 2.79 bits per heavy atom. The first-order valence-electron chi connectivity index (χ1n) is 5.10. The summed E-state index contributed by atoms with van der Waals surface area (Å²) in [4.78, 5) is 2.81. The van der Waals surface area contributed by atoms with Crippen LogP contribution in [0.3, 0.4) is 0 Å². The van der Waals surface area contributed by atoms with E-state index in [0.29, 0.717) is 4.83 Å². The second-order valence-electron chi connectivity index (χ2n) is 3.37. The molecule has 0 aliphatic heterocycles. The average Bonchev–Trinajstić information content (AvgIpc) is 2.13. The first kappa shape index (κ1) is 14.8. The summed E-state index contributed by atoms with van der Waals surface area (Å²) < 4.78 is 5.07. The average molecular weight is 284 g/mol. The first-order chi connectivity index (χ1) is 6.70. The zero-order valence-corrected chi connectivity index (χ0v) is 11.9. The summed E-state index contributed by atoms with van der Waals surface area (Å²) in [7, 11) is 3.91. The molecule has 0 aromatic rings. The molecule has 86 valence electrons. The Balaban J connectivity index is 3.30. The van der Waals surface area contributed by atoms with Gasteiger partial charge in [0.05, 0.1) is 11.4 Å². The third kappa shape index (κ3) is 9.31. The summed E-state index contributed by atoms with van der Waals surface area (Å²) in [5, 5.41) is 0. The molecule has 1 atom stereocenters. The predicted molar refractivity (Wildman–Crippen MR) is 69.7 cm³/mol. The highest BCUT2D eigenvalue weighted by Crippen LogP contribution is 2.05. The molecule has 0 heterocycles. The number of ether oxygens (including phenoxy) is 1. The minimum absolute atomic E-state index is 0.455. The van der Waals surface area contributed by atoms with Gasteiger partial charge in [-0.1, -0.05) is 22.9 Å². The standard InChI is InChI=1S/C10H22BrNOS/c1-4-14-7-5-6-12(2)8-10(11)9-13-3/h10H,4-9H2,1-3H3. The fourth-order valence-corrected chi connectivity index (χ4v) is 2.62. The molecule has 0 bridgehead atoms. The maximum Gasteiger partial charge on any atom is 0.0600 e. The van der Waals surface area contributed by atoms with Gasteiger partial charge in [0.15, 0.2) is 0 Å². The van der Waals surface area contributed by atoms with Crippen LogP contribution in [0, 0.1) is 0 Å². The molecule has 0 saturated carbocycles. The number of halogens is 1. The molecule has 0 fully saturated rings. The lowest BCUT2D eigenvalue weighted by Gasteiger charge is -2.19. The maximum atomic E-state index is 5.07. The molecule has 14 heavy (non-hydrogen) atoms. The van der Waals surface area contributed by atoms with Gasteiger partial charge in [0, 0.05) is 13.7 Å². The topological polar surface area (TPSA) is 12.5 Å². The number of thioether (sulfide) groups is 1. The second-order valence-corrected chi connectivity index (χ2v) is 6.05. The monoisotopic (exact) mass is 283 g/mol. The molecule has 0 aliphatic carbocycles. The van der Waals surface area contributed by atoms with E-state index in [9.17, 15) is 0 Å². The van der Waals surface area contributed by atoms with E-state index in [1.54, 1.807) is 7.11 Å². The van der Waals surface area contributed by atoms with Crippen molar-refractivity contribution in [3.05, 3.63) is 0 Å². The number of hydrogen-bond donors (Lipinski definition) is 0. The normalized spacial score (nSPS) is 13.5. The van der Waals surface area contributed by atoms with Gasteiger partial charge in [-0.3, -0.25) is 0 Å². The van der Waals surface area contributed by atoms with Crippen molar-refractivity contribution in [2.75, 3.05) is 45.4 Å². The lowest BCUT2D eigenvalue weighted by atomic mass is 10.4. The third-order valence-electron chi connectivity index (χ3n) is 1.89. The third-order valence-corrected chi connectivity index (χ3v) is 3.43. The Kier molecular flexibility index (Phi) is 10.8. The van der Waals surface area contributed by atoms with Crippen LogP contribution in [0.1, 0.15) is 13.3 Å². The van der Waals surface area contributed by atoms with E-state index in [0.717, 1.165) is 13.2 Å². The van der Waals surface area contributed by atoms with Crippen molar-refractivity contribution in [2.24, 2.45) is 0 Å². The number of hydrogen-bond acceptors (Lipinski definition) is 3. The van der Waals surface area contributed by atoms with Crippen LogP contribution in [0.4, 0.5) is 0 Å². The molecule has 4 heteroatoms. The fourth-order valence-electron chi connectivity index (χ4n) is 1.24. The summed E-state index contributed by atoms with van der Waals surface area (Å²) in [5.74, 6) is 2.51. The van der Waals surface area contributed by atoms with E-state index in [1.807, 2.05) is 11.8 Å². The van der Waals surface area contributed by atoms with Crippen molar-refractivity contribution in [1.29, 1.82) is 0 Å². The number of rotatable bonds is 9. The Morgan fingerprint density at radius 2 is 2.21 bits per heavy atom. The molecule has 0 rings (SSSR count). The summed E-state index contributed by atoms with van der Waals surface area (Å²) in [5.41, 5.74) is 0. The van der Waals surface area contributed by atoms with Gasteiger partial charge in [0.25, 0.3) is 0 Å². The minimum Gasteiger partial charge on any atom is -0.383 e. The van der Waals surface area contributed by atoms with Crippen LogP contribution in [-0.2, 0) is 4.74 Å². The molecule has 0 aliphatic rings. The van der Waals surface area contributed by atoms with Crippen molar-refractivity contribution in [3.8, 4) is 0 Å². The zero-order valence-electron chi connectivity index (χ0n) is 9.46. The Bertz CT molecular complexity index is 127. The highest BCUT2D eigenvalue weighted by atomic mass is 79.9. The van der Waals surface area contributed by atoms with Crippen LogP contribution in [0.5, 0.6) is 0 Å². The molecule has 2 nitrogen and oxygen atoms in total. The minimum atomic E-state index is 0.455. The lowest BCUT2D eigenvalue weighted by molar-refractivity contribution is 0.186. The molecule has 0 aromatic carbocycles. The maximum absolute atomic E-state index is 5.07. The molecule has 0 amide bonds. The fraction of sp³-hybridized carbons (Fsp3) is 1.00. The smallest absolute Gasteiger partial charge is 0.0600 e. The molecular weight excluding hydrogens is 262 g/mol. The van der Waals surface area contributed by atoms with Gasteiger partial charge in [-0.25, -0.2) is 0 Å². The van der Waals surface area contributed by atoms with Crippen molar-refractivity contribution >= 4 is 27.7 Å². The van der Waals surface area contributed by atoms with E-state index >= 15 is 0 Å². The van der Waals surface area contributed by atoms with Crippen LogP contribution in [0.2, 0.25) is 0 Å². The van der Waals surface area contributed by atoms with Crippen molar-refractivity contribution in [3.63, 3.8) is 0 Å². The highest BCUT2D eigenvalue weighted by molar-refractivity contribution is 9.09. The van der Waals surface area contributed by atoms with Gasteiger partial charge in [-0.15, -0.1) is 0 Å². The molecule has 0 saturated heterocycles. The Morgan fingerprint density at radius 1 is 1.50 bits per heavy atom. The summed E-state index contributed by atoms with van der Waals surface area (Å²) in [6.07, 6.45) is 1.28. The predicted octanol–water partition coefficient (Wildman–Crippen LogP) is 2.47. The first-order valence-corrected chi connectivity index (χ1v) is 7.17. The number of nitrogens with zero attached hydrogens (tertiary/aromatic N) is 1. The van der Waals surface area contributed by atoms with Gasteiger partial charge in [-0.2, -0.15) is 11.8 Å². The van der Waals surface area contributed by atoms with Gasteiger partial charge >= 0.3 is 0 Å². The summed E-state index contributed by atoms with van der Waals surface area (Å²) in [6, 6.07) is 0. The van der Waals surface area contributed by atoms with Crippen molar-refractivity contribution in [1.82, 2.24) is 4.90 Å². The summed E-state index contributed by atoms with van der Waals surface area (Å²) >= 11 is 5.61. The molecule has 0 aromatic heterocycles. The van der Waals surface area contributed by atoms with Gasteiger partial charge in [-0.05, 0) is 31.5 Å². The second kappa shape index (κ2) is 10.3. The Hall–Kier alpha value is 0.750. The molecular formula is C10H22BrNOS. The quantitative estimate of drug-likeness (QED) is 0.477. The van der Waals surface area contributed by atoms with E-state index in [2.05, 4.69) is 34.8 Å². The van der Waals surface area contributed by atoms with Gasteiger partial charge < -0.3 is 9.64 Å². The summed E-state index contributed by atoms with van der Waals surface area (Å²) in [6.45, 7) is 5.24. The van der Waals surface area contributed by atoms with Crippen LogP contribution < -0.4 is 0 Å². The van der Waals surface area contributed by atoms with Crippen LogP contribution in [0.25, 0.3) is 0 Å². The molecule has 0 spiro atoms. The van der Waals surface area contributed by atoms with Crippen LogP contribution >= 0.6 is 27.7 Å².